The number of H-pyrrole nitrogens is 1. The molecular weight excluding hydrogens is 1040 g/mol. The van der Waals surface area contributed by atoms with Crippen LogP contribution in [0.3, 0.4) is 0 Å². The molecule has 0 saturated carbocycles. The van der Waals surface area contributed by atoms with Crippen LogP contribution in [0, 0.1) is 0 Å². The summed E-state index contributed by atoms with van der Waals surface area (Å²) in [6.45, 7) is 5.93. The van der Waals surface area contributed by atoms with Crippen LogP contribution in [0.15, 0.2) is 113 Å². The van der Waals surface area contributed by atoms with Gasteiger partial charge in [-0.25, -0.2) is 38.7 Å². The first-order valence-corrected chi connectivity index (χ1v) is 29.1. The van der Waals surface area contributed by atoms with E-state index in [1.165, 1.54) is 30.6 Å². The van der Waals surface area contributed by atoms with Gasteiger partial charge in [-0.1, -0.05) is 48.9 Å². The van der Waals surface area contributed by atoms with E-state index in [1.54, 1.807) is 53.7 Å². The minimum Gasteiger partial charge on any atom is -0.748 e. The van der Waals surface area contributed by atoms with E-state index in [0.717, 1.165) is 23.3 Å². The lowest BCUT2D eigenvalue weighted by Gasteiger charge is -2.31. The minimum atomic E-state index is -4.92. The molecule has 0 radical (unpaired) electrons. The third-order valence-corrected chi connectivity index (χ3v) is 16.2. The van der Waals surface area contributed by atoms with Gasteiger partial charge in [-0.3, -0.25) is 4.79 Å². The molecule has 22 nitrogen and oxygen atoms in total. The zero-order valence-corrected chi connectivity index (χ0v) is 43.7. The molecule has 26 heteroatoms. The number of benzene rings is 3. The maximum absolute atomic E-state index is 13.1. The maximum atomic E-state index is 13.1. The van der Waals surface area contributed by atoms with Crippen molar-refractivity contribution in [3.63, 3.8) is 0 Å². The van der Waals surface area contributed by atoms with Crippen molar-refractivity contribution < 1.29 is 66.0 Å². The number of anilines is 2. The minimum absolute atomic E-state index is 0.0185. The van der Waals surface area contributed by atoms with Crippen LogP contribution < -0.4 is 20.7 Å². The molecule has 5 aromatic rings. The number of aromatic nitrogens is 4. The third kappa shape index (κ3) is 13.3. The van der Waals surface area contributed by atoms with Crippen molar-refractivity contribution in [1.82, 2.24) is 25.3 Å². The number of amides is 1. The molecule has 2 aliphatic rings. The molecule has 2 aliphatic heterocycles. The number of unbranched alkanes of at least 4 members (excludes halogenated alkanes) is 1. The van der Waals surface area contributed by atoms with Gasteiger partial charge < -0.3 is 43.9 Å². The second-order valence-electron chi connectivity index (χ2n) is 18.5. The number of ether oxygens (including phenoxy) is 1. The number of nitrogens with one attached hydrogen (secondary N) is 2. The summed E-state index contributed by atoms with van der Waals surface area (Å²) in [4.78, 5) is 29.1. The van der Waals surface area contributed by atoms with Gasteiger partial charge in [0.2, 0.25) is 23.4 Å². The van der Waals surface area contributed by atoms with Gasteiger partial charge >= 0.3 is 0 Å². The fourth-order valence-corrected chi connectivity index (χ4v) is 11.2. The van der Waals surface area contributed by atoms with E-state index in [2.05, 4.69) is 25.3 Å². The summed E-state index contributed by atoms with van der Waals surface area (Å²) >= 11 is 0. The predicted octanol–water partition coefficient (Wildman–Crippen LogP) is 4.22. The molecular formula is C48H53N8O14S4-3. The van der Waals surface area contributed by atoms with E-state index in [4.69, 9.17) is 10.5 Å². The Labute approximate surface area is 429 Å². The summed E-state index contributed by atoms with van der Waals surface area (Å²) in [6, 6.07) is 15.2. The van der Waals surface area contributed by atoms with Crippen LogP contribution in [0.2, 0.25) is 0 Å². The molecule has 1 unspecified atom stereocenters. The first-order valence-electron chi connectivity index (χ1n) is 23.1. The average molecular weight is 1090 g/mol. The first kappa shape index (κ1) is 55.4. The molecule has 0 bridgehead atoms. The van der Waals surface area contributed by atoms with E-state index in [-0.39, 0.29) is 63.2 Å². The van der Waals surface area contributed by atoms with Crippen LogP contribution in [0.1, 0.15) is 81.5 Å². The predicted molar refractivity (Wildman–Crippen MR) is 268 cm³/mol. The van der Waals surface area contributed by atoms with Crippen molar-refractivity contribution in [1.29, 1.82) is 0 Å². The van der Waals surface area contributed by atoms with E-state index in [1.807, 2.05) is 31.2 Å². The zero-order chi connectivity index (χ0) is 53.9. The number of nitrogen functional groups attached to an aromatic ring is 1. The Hall–Kier alpha value is -6.39. The number of nitrogens with two attached hydrogens (primary N) is 1. The Balaban J connectivity index is 1.08. The van der Waals surface area contributed by atoms with Gasteiger partial charge in [-0.15, -0.1) is 0 Å². The van der Waals surface area contributed by atoms with Crippen molar-refractivity contribution in [3.8, 4) is 5.88 Å². The van der Waals surface area contributed by atoms with E-state index >= 15 is 0 Å². The first-order chi connectivity index (χ1) is 34.6. The Morgan fingerprint density at radius 2 is 1.45 bits per heavy atom. The van der Waals surface area contributed by atoms with Crippen molar-refractivity contribution >= 4 is 80.6 Å². The summed E-state index contributed by atoms with van der Waals surface area (Å²) in [7, 11) is -18.9. The summed E-state index contributed by atoms with van der Waals surface area (Å²) in [5.41, 5.74) is 9.49. The van der Waals surface area contributed by atoms with Crippen LogP contribution in [0.4, 0.5) is 17.3 Å². The molecule has 4 N–H and O–H groups in total. The van der Waals surface area contributed by atoms with E-state index < -0.39 is 72.6 Å². The van der Waals surface area contributed by atoms with E-state index in [9.17, 15) is 56.7 Å². The Kier molecular flexibility index (Phi) is 16.3. The molecule has 1 amide bonds. The number of allylic oxidation sites excluding steroid dienone is 6. The highest BCUT2D eigenvalue weighted by Crippen LogP contribution is 2.51. The lowest BCUT2D eigenvalue weighted by molar-refractivity contribution is -0.437. The van der Waals surface area contributed by atoms with Gasteiger partial charge in [-0.05, 0) is 93.1 Å². The molecule has 1 atom stereocenters. The number of carbonyl (C=O) groups excluding carboxylic acids is 1. The molecule has 0 aliphatic carbocycles. The molecule has 2 aromatic heterocycles. The van der Waals surface area contributed by atoms with Gasteiger partial charge in [0.05, 0.1) is 41.8 Å². The summed E-state index contributed by atoms with van der Waals surface area (Å²) in [6.07, 6.45) is 11.1. The fourth-order valence-electron chi connectivity index (χ4n) is 9.28. The van der Waals surface area contributed by atoms with Crippen molar-refractivity contribution in [2.24, 2.45) is 0 Å². The Bertz CT molecular complexity index is 3560. The number of aromatic amines is 1. The molecule has 7 rings (SSSR count). The zero-order valence-electron chi connectivity index (χ0n) is 40.4. The second kappa shape index (κ2) is 21.8. The van der Waals surface area contributed by atoms with Gasteiger partial charge in [0.15, 0.2) is 11.4 Å². The fraction of sp³-hybridized carbons (Fsp3) is 0.354. The Morgan fingerprint density at radius 1 is 0.797 bits per heavy atom. The van der Waals surface area contributed by atoms with Crippen molar-refractivity contribution in [3.05, 3.63) is 125 Å². The monoisotopic (exact) mass is 1090 g/mol. The topological polar surface area (TPSA) is 354 Å². The molecule has 0 fully saturated rings. The lowest BCUT2D eigenvalue weighted by Crippen LogP contribution is -2.30. The number of carbonyl (C=O) groups is 1. The largest absolute Gasteiger partial charge is 0.748 e. The summed E-state index contributed by atoms with van der Waals surface area (Å²) < 4.78 is 150. The van der Waals surface area contributed by atoms with Crippen LogP contribution in [-0.2, 0) is 69.2 Å². The molecule has 0 saturated heterocycles. The number of hydrogen-bond acceptors (Lipinski definition) is 19. The van der Waals surface area contributed by atoms with Gasteiger partial charge in [0, 0.05) is 71.9 Å². The van der Waals surface area contributed by atoms with E-state index in [0.29, 0.717) is 64.3 Å². The SMILES string of the molecule is CC1(C)C(C=CC=CC=C2N(CCCS(=O)(=O)[O-])c3ccc(S(=O)(=O)[O-])cc3C2(C)CCCCC(=O)NCc2ccc(COc3nc(N)nc4nc[nH]c34)cc2)=[N+](CCCS(=O)(=O)[O-])c2ccc(S(=O)(=O)[O-])cc21. The quantitative estimate of drug-likeness (QED) is 0.0357. The normalized spacial score (nSPS) is 17.5. The Morgan fingerprint density at radius 3 is 2.12 bits per heavy atom. The highest BCUT2D eigenvalue weighted by atomic mass is 32.2. The van der Waals surface area contributed by atoms with Crippen LogP contribution in [0.25, 0.3) is 11.2 Å². The van der Waals surface area contributed by atoms with Crippen LogP contribution >= 0.6 is 0 Å². The van der Waals surface area contributed by atoms with Gasteiger partial charge in [-0.2, -0.15) is 14.5 Å². The van der Waals surface area contributed by atoms with Crippen LogP contribution in [0.5, 0.6) is 5.88 Å². The molecule has 0 spiro atoms. The summed E-state index contributed by atoms with van der Waals surface area (Å²) in [5.74, 6) is -1.28. The average Bonchev–Trinajstić information content (AvgIpc) is 3.94. The van der Waals surface area contributed by atoms with Crippen LogP contribution in [-0.4, -0.2) is 113 Å². The number of imidazole rings is 1. The molecule has 396 valence electrons. The highest BCUT2D eigenvalue weighted by Gasteiger charge is 2.45. The molecule has 4 heterocycles. The molecule has 3 aromatic carbocycles. The second-order valence-corrected chi connectivity index (χ2v) is 24.3. The van der Waals surface area contributed by atoms with Crippen molar-refractivity contribution in [2.75, 3.05) is 35.2 Å². The number of rotatable bonds is 23. The highest BCUT2D eigenvalue weighted by molar-refractivity contribution is 7.86. The number of fused-ring (bicyclic) bond motifs is 3. The summed E-state index contributed by atoms with van der Waals surface area (Å²) in [5, 5.41) is 2.92. The standard InChI is InChI=1S/C48H56N8O14S4/c1-47(2)36-27-34(73(64,65)66)18-20-38(36)55(23-9-25-71(58,59)60)40(47)11-5-4-6-12-41-48(3,37-28-35(74(67,68)69)19-21-39(37)56(41)24-10-26-72(61,62)63)22-8-7-13-42(57)50-29-32-14-16-33(17-15-32)30-70-45-43-44(52-31-51-43)53-46(49)54-45/h4-6,11-12,14-21,27-28,31H,7-10,13,22-26,29-30H2,1-3H3,(H7-,49,50,51,52,53,54,57,58,59,60,61,62,63,64,65,66,67,68,69)/p-3. The number of hydrogen-bond donors (Lipinski definition) is 3. The van der Waals surface area contributed by atoms with Crippen molar-refractivity contribution in [2.45, 2.75) is 93.1 Å². The third-order valence-electron chi connectivity index (χ3n) is 12.9. The van der Waals surface area contributed by atoms with Gasteiger partial charge in [0.25, 0.3) is 0 Å². The molecule has 74 heavy (non-hydrogen) atoms. The van der Waals surface area contributed by atoms with Gasteiger partial charge in [0.1, 0.15) is 38.9 Å². The smallest absolute Gasteiger partial charge is 0.245 e. The number of nitrogens with zero attached hydrogens (tertiary/aromatic N) is 5. The maximum Gasteiger partial charge on any atom is 0.245 e. The lowest BCUT2D eigenvalue weighted by atomic mass is 9.77.